The molecule has 3 aliphatic heterocycles. The van der Waals surface area contributed by atoms with E-state index in [1.54, 1.807) is 0 Å². The van der Waals surface area contributed by atoms with Gasteiger partial charge in [-0.3, -0.25) is 9.80 Å². The van der Waals surface area contributed by atoms with Crippen molar-refractivity contribution in [3.05, 3.63) is 35.4 Å². The van der Waals surface area contributed by atoms with Crippen molar-refractivity contribution in [2.45, 2.75) is 30.9 Å². The Bertz CT molecular complexity index is 468. The van der Waals surface area contributed by atoms with Crippen molar-refractivity contribution in [2.75, 3.05) is 32.7 Å². The predicted molar refractivity (Wildman–Crippen MR) is 75.3 cm³/mol. The summed E-state index contributed by atoms with van der Waals surface area (Å²) in [6.07, 6.45) is 1.93. The lowest BCUT2D eigenvalue weighted by Gasteiger charge is -2.49. The minimum absolute atomic E-state index is 0.165. The first kappa shape index (κ1) is 11.9. The normalized spacial score (nSPS) is 37.5. The third-order valence-corrected chi connectivity index (χ3v) is 5.25. The Morgan fingerprint density at radius 1 is 1.16 bits per heavy atom. The molecule has 3 unspecified atom stereocenters. The van der Waals surface area contributed by atoms with Crippen LogP contribution in [0.15, 0.2) is 24.3 Å². The number of hydrogen-bond donors (Lipinski definition) is 1. The maximum atomic E-state index is 10.6. The van der Waals surface area contributed by atoms with E-state index in [1.165, 1.54) is 24.2 Å². The zero-order valence-corrected chi connectivity index (χ0v) is 11.3. The van der Waals surface area contributed by atoms with Crippen LogP contribution in [-0.4, -0.2) is 59.8 Å². The number of rotatable bonds is 3. The zero-order chi connectivity index (χ0) is 12.8. The molecule has 3 heteroatoms. The SMILES string of the molecule is OC(CC1Cc2ccccc21)C1CN2CCN1CC2. The van der Waals surface area contributed by atoms with Crippen LogP contribution in [0.4, 0.5) is 0 Å². The molecule has 0 spiro atoms. The standard InChI is InChI=1S/C16H22N2O/c19-16(15-11-17-5-7-18(15)8-6-17)10-13-9-12-3-1-2-4-14(12)13/h1-4,13,15-16,19H,5-11H2. The highest BCUT2D eigenvalue weighted by atomic mass is 16.3. The number of piperazine rings is 3. The number of nitrogens with zero attached hydrogens (tertiary/aromatic N) is 2. The van der Waals surface area contributed by atoms with Gasteiger partial charge in [0.1, 0.15) is 0 Å². The van der Waals surface area contributed by atoms with E-state index in [0.29, 0.717) is 12.0 Å². The Hall–Kier alpha value is -0.900. The summed E-state index contributed by atoms with van der Waals surface area (Å²) in [6.45, 7) is 5.73. The van der Waals surface area contributed by atoms with Gasteiger partial charge in [0.2, 0.25) is 0 Å². The van der Waals surface area contributed by atoms with E-state index in [0.717, 1.165) is 32.5 Å². The molecule has 0 amide bonds. The molecule has 3 atom stereocenters. The van der Waals surface area contributed by atoms with Crippen molar-refractivity contribution in [3.63, 3.8) is 0 Å². The van der Waals surface area contributed by atoms with E-state index in [9.17, 15) is 5.11 Å². The molecule has 102 valence electrons. The van der Waals surface area contributed by atoms with Crippen LogP contribution >= 0.6 is 0 Å². The van der Waals surface area contributed by atoms with Crippen LogP contribution in [-0.2, 0) is 6.42 Å². The third kappa shape index (κ3) is 2.00. The summed E-state index contributed by atoms with van der Waals surface area (Å²) >= 11 is 0. The minimum atomic E-state index is -0.165. The first-order valence-corrected chi connectivity index (χ1v) is 7.53. The lowest BCUT2D eigenvalue weighted by atomic mass is 9.74. The van der Waals surface area contributed by atoms with Crippen molar-refractivity contribution >= 4 is 0 Å². The number of aliphatic hydroxyl groups is 1. The Labute approximate surface area is 114 Å². The number of hydrogen-bond acceptors (Lipinski definition) is 3. The highest BCUT2D eigenvalue weighted by molar-refractivity contribution is 5.39. The van der Waals surface area contributed by atoms with Gasteiger partial charge in [-0.05, 0) is 29.9 Å². The average Bonchev–Trinajstić information content (AvgIpc) is 2.46. The molecule has 1 aromatic rings. The largest absolute Gasteiger partial charge is 0.391 e. The molecule has 3 nitrogen and oxygen atoms in total. The van der Waals surface area contributed by atoms with Crippen LogP contribution in [0.25, 0.3) is 0 Å². The van der Waals surface area contributed by atoms with E-state index in [4.69, 9.17) is 0 Å². The maximum Gasteiger partial charge on any atom is 0.0713 e. The fraction of sp³-hybridized carbons (Fsp3) is 0.625. The van der Waals surface area contributed by atoms with E-state index in [1.807, 2.05) is 0 Å². The van der Waals surface area contributed by atoms with E-state index in [-0.39, 0.29) is 6.10 Å². The first-order valence-electron chi connectivity index (χ1n) is 7.53. The minimum Gasteiger partial charge on any atom is -0.391 e. The summed E-state index contributed by atoms with van der Waals surface area (Å²) in [4.78, 5) is 5.00. The lowest BCUT2D eigenvalue weighted by molar-refractivity contribution is -0.0504. The number of fused-ring (bicyclic) bond motifs is 4. The Morgan fingerprint density at radius 3 is 2.63 bits per heavy atom. The Balaban J connectivity index is 1.41. The molecule has 1 aliphatic carbocycles. The van der Waals surface area contributed by atoms with Gasteiger partial charge in [0, 0.05) is 38.8 Å². The molecule has 4 aliphatic rings. The van der Waals surface area contributed by atoms with Gasteiger partial charge in [0.25, 0.3) is 0 Å². The second kappa shape index (κ2) is 4.58. The molecule has 2 bridgehead atoms. The zero-order valence-electron chi connectivity index (χ0n) is 11.3. The van der Waals surface area contributed by atoms with Crippen LogP contribution in [0.2, 0.25) is 0 Å². The fourth-order valence-corrected chi connectivity index (χ4v) is 4.04. The van der Waals surface area contributed by atoms with Crippen LogP contribution < -0.4 is 0 Å². The van der Waals surface area contributed by atoms with Crippen LogP contribution in [0, 0.1) is 0 Å². The molecule has 3 heterocycles. The summed E-state index contributed by atoms with van der Waals surface area (Å²) in [7, 11) is 0. The molecule has 0 radical (unpaired) electrons. The smallest absolute Gasteiger partial charge is 0.0713 e. The Kier molecular flexibility index (Phi) is 2.87. The van der Waals surface area contributed by atoms with Crippen molar-refractivity contribution in [2.24, 2.45) is 0 Å². The summed E-state index contributed by atoms with van der Waals surface area (Å²) < 4.78 is 0. The summed E-state index contributed by atoms with van der Waals surface area (Å²) in [5.74, 6) is 0.586. The maximum absolute atomic E-state index is 10.6. The number of aliphatic hydroxyl groups excluding tert-OH is 1. The molecule has 0 aromatic heterocycles. The molecule has 3 saturated heterocycles. The quantitative estimate of drug-likeness (QED) is 0.879. The van der Waals surface area contributed by atoms with Gasteiger partial charge in [-0.1, -0.05) is 24.3 Å². The molecule has 5 rings (SSSR count). The summed E-state index contributed by atoms with van der Waals surface area (Å²) in [5.41, 5.74) is 2.95. The second-order valence-corrected chi connectivity index (χ2v) is 6.31. The third-order valence-electron chi connectivity index (χ3n) is 5.25. The number of benzene rings is 1. The Morgan fingerprint density at radius 2 is 1.95 bits per heavy atom. The molecule has 3 fully saturated rings. The van der Waals surface area contributed by atoms with Crippen LogP contribution in [0.1, 0.15) is 23.5 Å². The van der Waals surface area contributed by atoms with Gasteiger partial charge in [0.15, 0.2) is 0 Å². The van der Waals surface area contributed by atoms with E-state index in [2.05, 4.69) is 34.1 Å². The molecular weight excluding hydrogens is 236 g/mol. The van der Waals surface area contributed by atoms with Crippen molar-refractivity contribution < 1.29 is 5.11 Å². The van der Waals surface area contributed by atoms with Gasteiger partial charge in [0.05, 0.1) is 6.10 Å². The molecular formula is C16H22N2O. The van der Waals surface area contributed by atoms with E-state index < -0.39 is 0 Å². The van der Waals surface area contributed by atoms with Crippen LogP contribution in [0.3, 0.4) is 0 Å². The molecule has 1 N–H and O–H groups in total. The van der Waals surface area contributed by atoms with E-state index >= 15 is 0 Å². The fourth-order valence-electron chi connectivity index (χ4n) is 4.04. The van der Waals surface area contributed by atoms with Crippen molar-refractivity contribution in [1.29, 1.82) is 0 Å². The van der Waals surface area contributed by atoms with Gasteiger partial charge >= 0.3 is 0 Å². The molecule has 0 saturated carbocycles. The van der Waals surface area contributed by atoms with Crippen LogP contribution in [0.5, 0.6) is 0 Å². The monoisotopic (exact) mass is 258 g/mol. The highest BCUT2D eigenvalue weighted by Gasteiger charge is 2.38. The predicted octanol–water partition coefficient (Wildman–Crippen LogP) is 1.08. The molecule has 19 heavy (non-hydrogen) atoms. The van der Waals surface area contributed by atoms with Gasteiger partial charge in [-0.2, -0.15) is 0 Å². The second-order valence-electron chi connectivity index (χ2n) is 6.31. The summed E-state index contributed by atoms with van der Waals surface area (Å²) in [6, 6.07) is 9.05. The van der Waals surface area contributed by atoms with Gasteiger partial charge < -0.3 is 5.11 Å². The van der Waals surface area contributed by atoms with Crippen molar-refractivity contribution in [1.82, 2.24) is 9.80 Å². The molecule has 1 aromatic carbocycles. The summed E-state index contributed by atoms with van der Waals surface area (Å²) in [5, 5.41) is 10.6. The van der Waals surface area contributed by atoms with Crippen molar-refractivity contribution in [3.8, 4) is 0 Å². The topological polar surface area (TPSA) is 26.7 Å². The lowest BCUT2D eigenvalue weighted by Crippen LogP contribution is -2.64. The average molecular weight is 258 g/mol. The first-order chi connectivity index (χ1) is 9.31. The van der Waals surface area contributed by atoms with Gasteiger partial charge in [-0.15, -0.1) is 0 Å². The van der Waals surface area contributed by atoms with Gasteiger partial charge in [-0.25, -0.2) is 0 Å². The highest BCUT2D eigenvalue weighted by Crippen LogP contribution is 2.39.